The van der Waals surface area contributed by atoms with Crippen LogP contribution in [0.15, 0.2) is 17.3 Å². The molecule has 3 aliphatic rings. The largest absolute Gasteiger partial charge is 0.387 e. The number of aryl methyl sites for hydroxylation is 1. The third-order valence-corrected chi connectivity index (χ3v) is 6.17. The lowest BCUT2D eigenvalue weighted by atomic mass is 9.96. The molecule has 0 aliphatic carbocycles. The lowest BCUT2D eigenvalue weighted by Crippen LogP contribution is -2.39. The highest BCUT2D eigenvalue weighted by molar-refractivity contribution is 7.11. The fourth-order valence-corrected chi connectivity index (χ4v) is 4.76. The monoisotopic (exact) mass is 363 g/mol. The number of thiophene rings is 1. The second kappa shape index (κ2) is 7.05. The Morgan fingerprint density at radius 1 is 1.52 bits per heavy atom. The van der Waals surface area contributed by atoms with Crippen LogP contribution in [-0.4, -0.2) is 54.5 Å². The molecule has 2 saturated heterocycles. The molecule has 1 N–H and O–H groups in total. The van der Waals surface area contributed by atoms with E-state index in [1.807, 2.05) is 11.3 Å². The molecule has 1 amide bonds. The Hall–Kier alpha value is -1.44. The average Bonchev–Trinajstić information content (AvgIpc) is 3.37. The molecule has 0 radical (unpaired) electrons. The molecule has 4 rings (SSSR count). The fraction of sp³-hybridized carbons (Fsp3) is 0.667. The predicted molar refractivity (Wildman–Crippen MR) is 96.8 cm³/mol. The van der Waals surface area contributed by atoms with E-state index in [-0.39, 0.29) is 17.6 Å². The van der Waals surface area contributed by atoms with Gasteiger partial charge in [0.25, 0.3) is 5.91 Å². The summed E-state index contributed by atoms with van der Waals surface area (Å²) in [5.74, 6) is -0.111. The SMILES string of the molecule is Cc1ccc(CN2CC[C@@]3(CC(C(=O)NC[C@H]4CCCO4)=NO3)C2)s1. The molecule has 4 heterocycles. The van der Waals surface area contributed by atoms with Gasteiger partial charge in [-0.15, -0.1) is 11.3 Å². The quantitative estimate of drug-likeness (QED) is 0.870. The van der Waals surface area contributed by atoms with Crippen molar-refractivity contribution in [1.82, 2.24) is 10.2 Å². The van der Waals surface area contributed by atoms with Gasteiger partial charge >= 0.3 is 0 Å². The maximum absolute atomic E-state index is 12.3. The van der Waals surface area contributed by atoms with Gasteiger partial charge in [-0.3, -0.25) is 9.69 Å². The van der Waals surface area contributed by atoms with E-state index in [2.05, 4.69) is 34.4 Å². The molecule has 136 valence electrons. The summed E-state index contributed by atoms with van der Waals surface area (Å²) in [5, 5.41) is 7.04. The molecular formula is C18H25N3O3S. The summed E-state index contributed by atoms with van der Waals surface area (Å²) in [4.78, 5) is 23.2. The highest BCUT2D eigenvalue weighted by atomic mass is 32.1. The normalized spacial score (nSPS) is 29.2. The Bertz CT molecular complexity index is 668. The molecule has 0 aromatic carbocycles. The number of hydrogen-bond acceptors (Lipinski definition) is 6. The maximum atomic E-state index is 12.3. The molecule has 1 aromatic heterocycles. The predicted octanol–water partition coefficient (Wildman–Crippen LogP) is 2.07. The summed E-state index contributed by atoms with van der Waals surface area (Å²) in [6, 6.07) is 4.36. The molecule has 1 aromatic rings. The van der Waals surface area contributed by atoms with Gasteiger partial charge in [0.2, 0.25) is 0 Å². The van der Waals surface area contributed by atoms with E-state index in [1.54, 1.807) is 0 Å². The van der Waals surface area contributed by atoms with Crippen molar-refractivity contribution in [3.63, 3.8) is 0 Å². The van der Waals surface area contributed by atoms with Gasteiger partial charge in [0.1, 0.15) is 5.71 Å². The van der Waals surface area contributed by atoms with E-state index in [9.17, 15) is 4.79 Å². The van der Waals surface area contributed by atoms with Gasteiger partial charge in [0.05, 0.1) is 6.10 Å². The van der Waals surface area contributed by atoms with Gasteiger partial charge in [-0.2, -0.15) is 0 Å². The van der Waals surface area contributed by atoms with Crippen LogP contribution in [0, 0.1) is 6.92 Å². The summed E-state index contributed by atoms with van der Waals surface area (Å²) in [7, 11) is 0. The van der Waals surface area contributed by atoms with Crippen LogP contribution in [0.2, 0.25) is 0 Å². The summed E-state index contributed by atoms with van der Waals surface area (Å²) < 4.78 is 5.54. The summed E-state index contributed by atoms with van der Waals surface area (Å²) >= 11 is 1.84. The van der Waals surface area contributed by atoms with E-state index in [0.29, 0.717) is 18.7 Å². The maximum Gasteiger partial charge on any atom is 0.269 e. The van der Waals surface area contributed by atoms with Crippen LogP contribution < -0.4 is 5.32 Å². The summed E-state index contributed by atoms with van der Waals surface area (Å²) in [6.07, 6.45) is 3.77. The number of likely N-dealkylation sites (tertiary alicyclic amines) is 1. The van der Waals surface area contributed by atoms with Crippen molar-refractivity contribution in [3.8, 4) is 0 Å². The molecule has 7 heteroatoms. The van der Waals surface area contributed by atoms with Gasteiger partial charge < -0.3 is 14.9 Å². The van der Waals surface area contributed by atoms with Crippen LogP contribution in [0.1, 0.15) is 35.4 Å². The number of carbonyl (C=O) groups is 1. The Balaban J connectivity index is 1.26. The first-order chi connectivity index (χ1) is 12.1. The summed E-state index contributed by atoms with van der Waals surface area (Å²) in [6.45, 7) is 6.26. The van der Waals surface area contributed by atoms with Crippen molar-refractivity contribution >= 4 is 23.0 Å². The zero-order chi connectivity index (χ0) is 17.3. The minimum Gasteiger partial charge on any atom is -0.387 e. The molecule has 6 nitrogen and oxygen atoms in total. The number of carbonyl (C=O) groups excluding carboxylic acids is 1. The van der Waals surface area contributed by atoms with Crippen LogP contribution in [-0.2, 0) is 20.9 Å². The first-order valence-electron chi connectivity index (χ1n) is 9.04. The number of amides is 1. The van der Waals surface area contributed by atoms with Crippen molar-refractivity contribution in [3.05, 3.63) is 21.9 Å². The minimum absolute atomic E-state index is 0.111. The van der Waals surface area contributed by atoms with Gasteiger partial charge in [0, 0.05) is 55.4 Å². The number of oxime groups is 1. The van der Waals surface area contributed by atoms with Crippen LogP contribution >= 0.6 is 11.3 Å². The minimum atomic E-state index is -0.317. The van der Waals surface area contributed by atoms with Crippen molar-refractivity contribution in [2.24, 2.45) is 5.16 Å². The van der Waals surface area contributed by atoms with Gasteiger partial charge in [-0.1, -0.05) is 5.16 Å². The van der Waals surface area contributed by atoms with Gasteiger partial charge in [-0.25, -0.2) is 0 Å². The van der Waals surface area contributed by atoms with E-state index in [1.165, 1.54) is 9.75 Å². The van der Waals surface area contributed by atoms with Crippen molar-refractivity contribution < 1.29 is 14.4 Å². The molecule has 3 aliphatic heterocycles. The molecular weight excluding hydrogens is 338 g/mol. The average molecular weight is 363 g/mol. The number of nitrogens with one attached hydrogen (secondary N) is 1. The first-order valence-corrected chi connectivity index (χ1v) is 9.86. The number of ether oxygens (including phenoxy) is 1. The van der Waals surface area contributed by atoms with E-state index < -0.39 is 0 Å². The molecule has 2 atom stereocenters. The summed E-state index contributed by atoms with van der Waals surface area (Å²) in [5.41, 5.74) is 0.204. The number of rotatable bonds is 5. The van der Waals surface area contributed by atoms with Crippen LogP contribution in [0.25, 0.3) is 0 Å². The Kier molecular flexibility index (Phi) is 4.80. The smallest absolute Gasteiger partial charge is 0.269 e. The van der Waals surface area contributed by atoms with Crippen molar-refractivity contribution in [2.45, 2.75) is 50.9 Å². The first kappa shape index (κ1) is 17.0. The third kappa shape index (κ3) is 3.88. The molecule has 2 fully saturated rings. The van der Waals surface area contributed by atoms with E-state index >= 15 is 0 Å². The lowest BCUT2D eigenvalue weighted by molar-refractivity contribution is -0.115. The topological polar surface area (TPSA) is 63.2 Å². The number of hydrogen-bond donors (Lipinski definition) is 1. The van der Waals surface area contributed by atoms with Crippen molar-refractivity contribution in [2.75, 3.05) is 26.2 Å². The van der Waals surface area contributed by atoms with Crippen LogP contribution in [0.5, 0.6) is 0 Å². The van der Waals surface area contributed by atoms with E-state index in [4.69, 9.17) is 9.57 Å². The number of nitrogens with zero attached hydrogens (tertiary/aromatic N) is 2. The van der Waals surface area contributed by atoms with Crippen LogP contribution in [0.4, 0.5) is 0 Å². The van der Waals surface area contributed by atoms with Crippen LogP contribution in [0.3, 0.4) is 0 Å². The second-order valence-electron chi connectivity index (χ2n) is 7.31. The zero-order valence-corrected chi connectivity index (χ0v) is 15.4. The molecule has 0 saturated carbocycles. The zero-order valence-electron chi connectivity index (χ0n) is 14.6. The molecule has 1 spiro atoms. The van der Waals surface area contributed by atoms with E-state index in [0.717, 1.165) is 45.5 Å². The lowest BCUT2D eigenvalue weighted by Gasteiger charge is -2.21. The van der Waals surface area contributed by atoms with Gasteiger partial charge in [0.15, 0.2) is 5.60 Å². The van der Waals surface area contributed by atoms with Crippen molar-refractivity contribution in [1.29, 1.82) is 0 Å². The third-order valence-electron chi connectivity index (χ3n) is 5.19. The Labute approximate surface area is 152 Å². The fourth-order valence-electron chi connectivity index (χ4n) is 3.83. The second-order valence-corrected chi connectivity index (χ2v) is 8.68. The molecule has 0 bridgehead atoms. The highest BCUT2D eigenvalue weighted by Gasteiger charge is 2.46. The Morgan fingerprint density at radius 3 is 3.20 bits per heavy atom. The standard InChI is InChI=1S/C18H25N3O3S/c1-13-4-5-15(25-13)11-21-7-6-18(12-21)9-16(20-24-18)17(22)19-10-14-3-2-8-23-14/h4-5,14H,2-3,6-12H2,1H3,(H,19,22)/t14-,18-/m1/s1. The Morgan fingerprint density at radius 2 is 2.44 bits per heavy atom. The van der Waals surface area contributed by atoms with Gasteiger partial charge in [-0.05, 0) is 31.9 Å². The highest BCUT2D eigenvalue weighted by Crippen LogP contribution is 2.35. The molecule has 25 heavy (non-hydrogen) atoms. The molecule has 0 unspecified atom stereocenters.